The Labute approximate surface area is 71.0 Å². The number of urea groups is 1. The highest BCUT2D eigenvalue weighted by molar-refractivity contribution is 5.87. The first-order valence-electron chi connectivity index (χ1n) is 3.60. The lowest BCUT2D eigenvalue weighted by Gasteiger charge is -1.97. The maximum absolute atomic E-state index is 10.5. The molecule has 2 amide bonds. The highest BCUT2D eigenvalue weighted by Gasteiger charge is 1.96. The van der Waals surface area contributed by atoms with Gasteiger partial charge in [-0.15, -0.1) is 0 Å². The molecular formula is C7H13N3O2. The molecule has 0 rings (SSSR count). The lowest BCUT2D eigenvalue weighted by molar-refractivity contribution is -0.116. The van der Waals surface area contributed by atoms with Crippen molar-refractivity contribution in [3.63, 3.8) is 0 Å². The number of hydrogen-bond acceptors (Lipinski definition) is 3. The molecule has 0 unspecified atom stereocenters. The van der Waals surface area contributed by atoms with Crippen LogP contribution in [-0.2, 0) is 4.79 Å². The average molecular weight is 171 g/mol. The van der Waals surface area contributed by atoms with Crippen LogP contribution in [0.3, 0.4) is 0 Å². The lowest BCUT2D eigenvalue weighted by atomic mass is 10.2. The topological polar surface area (TPSA) is 84.6 Å². The van der Waals surface area contributed by atoms with E-state index in [-0.39, 0.29) is 5.78 Å². The normalized spacial score (nSPS) is 11.0. The fraction of sp³-hybridized carbons (Fsp3) is 0.571. The van der Waals surface area contributed by atoms with Crippen LogP contribution in [0.25, 0.3) is 0 Å². The molecule has 0 spiro atoms. The van der Waals surface area contributed by atoms with Gasteiger partial charge in [0.25, 0.3) is 0 Å². The summed E-state index contributed by atoms with van der Waals surface area (Å²) in [6.45, 7) is 3.23. The third kappa shape index (κ3) is 6.73. The van der Waals surface area contributed by atoms with Crippen LogP contribution in [0.4, 0.5) is 4.79 Å². The van der Waals surface area contributed by atoms with Gasteiger partial charge in [-0.3, -0.25) is 0 Å². The van der Waals surface area contributed by atoms with Crippen LogP contribution in [0, 0.1) is 0 Å². The molecule has 0 aliphatic carbocycles. The van der Waals surface area contributed by atoms with Crippen molar-refractivity contribution in [1.29, 1.82) is 0 Å². The van der Waals surface area contributed by atoms with E-state index in [4.69, 9.17) is 5.73 Å². The van der Waals surface area contributed by atoms with Crippen LogP contribution in [0.1, 0.15) is 26.7 Å². The predicted octanol–water partition coefficient (Wildman–Crippen LogP) is 0.400. The zero-order chi connectivity index (χ0) is 9.56. The van der Waals surface area contributed by atoms with Crippen molar-refractivity contribution in [2.24, 2.45) is 10.8 Å². The first-order valence-corrected chi connectivity index (χ1v) is 3.60. The number of carbonyl (C=O) groups is 2. The van der Waals surface area contributed by atoms with Crippen molar-refractivity contribution in [2.45, 2.75) is 26.7 Å². The quantitative estimate of drug-likeness (QED) is 0.474. The van der Waals surface area contributed by atoms with E-state index in [0.29, 0.717) is 18.6 Å². The van der Waals surface area contributed by atoms with Gasteiger partial charge < -0.3 is 10.5 Å². The number of hydrazone groups is 1. The second-order valence-corrected chi connectivity index (χ2v) is 2.53. The molecule has 5 nitrogen and oxygen atoms in total. The first-order chi connectivity index (χ1) is 5.52. The Hall–Kier alpha value is -1.39. The van der Waals surface area contributed by atoms with Crippen LogP contribution in [-0.4, -0.2) is 17.5 Å². The third-order valence-corrected chi connectivity index (χ3v) is 1.20. The summed E-state index contributed by atoms with van der Waals surface area (Å²) in [5, 5.41) is 3.64. The van der Waals surface area contributed by atoms with Crippen molar-refractivity contribution in [2.75, 3.05) is 0 Å². The Kier molecular flexibility index (Phi) is 4.67. The van der Waals surface area contributed by atoms with Crippen molar-refractivity contribution >= 4 is 17.5 Å². The van der Waals surface area contributed by atoms with E-state index in [1.807, 2.05) is 0 Å². The first kappa shape index (κ1) is 10.6. The number of ketones is 1. The van der Waals surface area contributed by atoms with Crippen LogP contribution in [0.5, 0.6) is 0 Å². The summed E-state index contributed by atoms with van der Waals surface area (Å²) in [6.07, 6.45) is 0.991. The Bertz CT molecular complexity index is 211. The number of Topliss-reactive ketones (excluding diaryl/α,β-unsaturated/α-hetero) is 1. The molecule has 12 heavy (non-hydrogen) atoms. The summed E-state index contributed by atoms with van der Waals surface area (Å²) in [4.78, 5) is 20.7. The van der Waals surface area contributed by atoms with Crippen LogP contribution < -0.4 is 11.2 Å². The minimum atomic E-state index is -0.697. The molecule has 0 atom stereocenters. The van der Waals surface area contributed by atoms with E-state index in [1.165, 1.54) is 6.92 Å². The Morgan fingerprint density at radius 1 is 1.33 bits per heavy atom. The standard InChI is InChI=1S/C7H13N3O2/c1-5(3-4-6(2)11)9-10-7(8)12/h3-4H2,1-2H3,(H3,8,10,12)/b9-5+. The molecule has 0 radical (unpaired) electrons. The van der Waals surface area contributed by atoms with Gasteiger partial charge in [-0.1, -0.05) is 0 Å². The minimum absolute atomic E-state index is 0.101. The number of nitrogens with zero attached hydrogens (tertiary/aromatic N) is 1. The van der Waals surface area contributed by atoms with Crippen molar-refractivity contribution in [3.8, 4) is 0 Å². The maximum atomic E-state index is 10.5. The molecule has 0 heterocycles. The molecule has 3 N–H and O–H groups in total. The van der Waals surface area contributed by atoms with Gasteiger partial charge in [-0.25, -0.2) is 10.2 Å². The molecule has 68 valence electrons. The fourth-order valence-corrected chi connectivity index (χ4v) is 0.563. The highest BCUT2D eigenvalue weighted by Crippen LogP contribution is 1.92. The van der Waals surface area contributed by atoms with E-state index in [1.54, 1.807) is 6.92 Å². The number of nitrogens with two attached hydrogens (primary N) is 1. The monoisotopic (exact) mass is 171 g/mol. The molecule has 0 fully saturated rings. The van der Waals surface area contributed by atoms with Gasteiger partial charge in [0.1, 0.15) is 5.78 Å². The van der Waals surface area contributed by atoms with Crippen molar-refractivity contribution < 1.29 is 9.59 Å². The second kappa shape index (κ2) is 5.29. The SMILES string of the molecule is CC(=O)CC/C(C)=N/NC(N)=O. The lowest BCUT2D eigenvalue weighted by Crippen LogP contribution is -2.25. The molecule has 0 aromatic rings. The summed E-state index contributed by atoms with van der Waals surface area (Å²) in [5.74, 6) is 0.101. The van der Waals surface area contributed by atoms with Crippen LogP contribution in [0.15, 0.2) is 5.10 Å². The molecule has 0 bridgehead atoms. The van der Waals surface area contributed by atoms with Crippen LogP contribution in [0.2, 0.25) is 0 Å². The number of rotatable bonds is 4. The smallest absolute Gasteiger partial charge is 0.332 e. The minimum Gasteiger partial charge on any atom is -0.350 e. The number of hydrogen-bond donors (Lipinski definition) is 2. The second-order valence-electron chi connectivity index (χ2n) is 2.53. The summed E-state index contributed by atoms with van der Waals surface area (Å²) in [7, 11) is 0. The highest BCUT2D eigenvalue weighted by atomic mass is 16.2. The van der Waals surface area contributed by atoms with E-state index in [0.717, 1.165) is 0 Å². The zero-order valence-electron chi connectivity index (χ0n) is 7.26. The molecule has 0 aromatic carbocycles. The van der Waals surface area contributed by atoms with E-state index in [9.17, 15) is 9.59 Å². The van der Waals surface area contributed by atoms with Crippen molar-refractivity contribution in [3.05, 3.63) is 0 Å². The van der Waals surface area contributed by atoms with Crippen LogP contribution >= 0.6 is 0 Å². The third-order valence-electron chi connectivity index (χ3n) is 1.20. The summed E-state index contributed by atoms with van der Waals surface area (Å²) in [5.41, 5.74) is 7.54. The zero-order valence-corrected chi connectivity index (χ0v) is 7.26. The van der Waals surface area contributed by atoms with Gasteiger partial charge in [-0.05, 0) is 20.3 Å². The van der Waals surface area contributed by atoms with Gasteiger partial charge in [0.2, 0.25) is 0 Å². The Morgan fingerprint density at radius 2 is 1.92 bits per heavy atom. The van der Waals surface area contributed by atoms with E-state index < -0.39 is 6.03 Å². The number of primary amides is 1. The van der Waals surface area contributed by atoms with E-state index in [2.05, 4.69) is 10.5 Å². The maximum Gasteiger partial charge on any atom is 0.332 e. The van der Waals surface area contributed by atoms with Gasteiger partial charge in [0.15, 0.2) is 0 Å². The van der Waals surface area contributed by atoms with Gasteiger partial charge in [0.05, 0.1) is 0 Å². The molecule has 0 saturated heterocycles. The number of amides is 2. The van der Waals surface area contributed by atoms with Gasteiger partial charge in [-0.2, -0.15) is 5.10 Å². The number of carbonyl (C=O) groups excluding carboxylic acids is 2. The van der Waals surface area contributed by atoms with Gasteiger partial charge in [0, 0.05) is 12.1 Å². The summed E-state index contributed by atoms with van der Waals surface area (Å²) in [6, 6.07) is -0.697. The largest absolute Gasteiger partial charge is 0.350 e. The predicted molar refractivity (Wildman–Crippen MR) is 45.7 cm³/mol. The fourth-order valence-electron chi connectivity index (χ4n) is 0.563. The summed E-state index contributed by atoms with van der Waals surface area (Å²) >= 11 is 0. The molecular weight excluding hydrogens is 158 g/mol. The molecule has 0 aromatic heterocycles. The summed E-state index contributed by atoms with van der Waals surface area (Å²) < 4.78 is 0. The Balaban J connectivity index is 3.70. The molecule has 0 aliphatic heterocycles. The molecule has 0 saturated carbocycles. The Morgan fingerprint density at radius 3 is 2.33 bits per heavy atom. The average Bonchev–Trinajstić information content (AvgIpc) is 1.96. The van der Waals surface area contributed by atoms with Gasteiger partial charge >= 0.3 is 6.03 Å². The number of nitrogens with one attached hydrogen (secondary N) is 1. The molecule has 0 aliphatic rings. The van der Waals surface area contributed by atoms with E-state index >= 15 is 0 Å². The molecule has 5 heteroatoms. The van der Waals surface area contributed by atoms with Crippen molar-refractivity contribution in [1.82, 2.24) is 5.43 Å².